The van der Waals surface area contributed by atoms with Crippen molar-refractivity contribution >= 4 is 11.4 Å². The molecule has 0 saturated carbocycles. The van der Waals surface area contributed by atoms with E-state index in [-0.39, 0.29) is 0 Å². The van der Waals surface area contributed by atoms with Crippen molar-refractivity contribution in [3.63, 3.8) is 0 Å². The fraction of sp³-hybridized carbons (Fsp3) is 0.355. The van der Waals surface area contributed by atoms with E-state index in [4.69, 9.17) is 0 Å². The lowest BCUT2D eigenvalue weighted by Gasteiger charge is -2.19. The Bertz CT molecular complexity index is 902. The third-order valence-corrected chi connectivity index (χ3v) is 4.77. The third kappa shape index (κ3) is 12.2. The number of nitrogens with one attached hydrogen (secondary N) is 1. The molecule has 2 aromatic rings. The van der Waals surface area contributed by atoms with Gasteiger partial charge in [-0.2, -0.15) is 0 Å². The minimum absolute atomic E-state index is 0.291. The van der Waals surface area contributed by atoms with E-state index >= 15 is 0 Å². The molecule has 2 aromatic carbocycles. The molecular formula is C31H45N. The fourth-order valence-corrected chi connectivity index (χ4v) is 2.72. The van der Waals surface area contributed by atoms with Gasteiger partial charge in [0.25, 0.3) is 0 Å². The number of rotatable bonds is 6. The minimum atomic E-state index is 0.291. The molecule has 0 aliphatic heterocycles. The molecule has 0 atom stereocenters. The summed E-state index contributed by atoms with van der Waals surface area (Å²) in [5.41, 5.74) is 9.60. The lowest BCUT2D eigenvalue weighted by molar-refractivity contribution is 0.503. The monoisotopic (exact) mass is 431 g/mol. The Labute approximate surface area is 198 Å². The summed E-state index contributed by atoms with van der Waals surface area (Å²) in [6.07, 6.45) is 3.07. The Balaban J connectivity index is 0.000000680. The van der Waals surface area contributed by atoms with Crippen LogP contribution in [0.3, 0.4) is 0 Å². The van der Waals surface area contributed by atoms with Crippen LogP contribution in [0.1, 0.15) is 72.1 Å². The zero-order valence-electron chi connectivity index (χ0n) is 22.0. The van der Waals surface area contributed by atoms with Gasteiger partial charge in [-0.15, -0.1) is 0 Å². The van der Waals surface area contributed by atoms with Crippen molar-refractivity contribution < 1.29 is 0 Å². The van der Waals surface area contributed by atoms with Crippen LogP contribution in [0.15, 0.2) is 91.1 Å². The van der Waals surface area contributed by atoms with Crippen molar-refractivity contribution in [2.45, 2.75) is 68.7 Å². The highest BCUT2D eigenvalue weighted by Gasteiger charge is 2.11. The van der Waals surface area contributed by atoms with Gasteiger partial charge in [-0.05, 0) is 68.9 Å². The van der Waals surface area contributed by atoms with Gasteiger partial charge in [0.1, 0.15) is 0 Å². The van der Waals surface area contributed by atoms with Crippen LogP contribution in [-0.4, -0.2) is 0 Å². The summed E-state index contributed by atoms with van der Waals surface area (Å²) in [6, 6.07) is 16.7. The molecule has 2 rings (SSSR count). The molecule has 174 valence electrons. The first-order chi connectivity index (χ1) is 14.9. The lowest BCUT2D eigenvalue weighted by atomic mass is 9.87. The van der Waals surface area contributed by atoms with Crippen molar-refractivity contribution in [1.82, 2.24) is 0 Å². The summed E-state index contributed by atoms with van der Waals surface area (Å²) in [6.45, 7) is 30.8. The minimum Gasteiger partial charge on any atom is -0.356 e. The normalized spacial score (nSPS) is 10.7. The molecule has 0 aliphatic rings. The van der Waals surface area contributed by atoms with Crippen molar-refractivity contribution in [2.75, 3.05) is 5.32 Å². The summed E-state index contributed by atoms with van der Waals surface area (Å²) in [5, 5.41) is 3.35. The van der Waals surface area contributed by atoms with Crippen LogP contribution in [0, 0.1) is 12.3 Å². The van der Waals surface area contributed by atoms with Crippen molar-refractivity contribution in [3.8, 4) is 0 Å². The molecule has 32 heavy (non-hydrogen) atoms. The number of anilines is 1. The van der Waals surface area contributed by atoms with Crippen LogP contribution in [0.2, 0.25) is 0 Å². The molecule has 0 saturated heterocycles. The maximum atomic E-state index is 4.11. The topological polar surface area (TPSA) is 12.0 Å². The number of allylic oxidation sites excluding steroid dienone is 4. The van der Waals surface area contributed by atoms with E-state index in [0.29, 0.717) is 5.41 Å². The van der Waals surface area contributed by atoms with Crippen molar-refractivity contribution in [3.05, 3.63) is 108 Å². The average Bonchev–Trinajstić information content (AvgIpc) is 2.70. The zero-order valence-corrected chi connectivity index (χ0v) is 22.0. The maximum absolute atomic E-state index is 4.11. The van der Waals surface area contributed by atoms with Crippen LogP contribution in [-0.2, 0) is 6.42 Å². The van der Waals surface area contributed by atoms with E-state index in [1.54, 1.807) is 0 Å². The summed E-state index contributed by atoms with van der Waals surface area (Å²) >= 11 is 0. The Morgan fingerprint density at radius 2 is 1.47 bits per heavy atom. The van der Waals surface area contributed by atoms with Crippen LogP contribution in [0.25, 0.3) is 5.70 Å². The molecule has 1 N–H and O–H groups in total. The molecular weight excluding hydrogens is 386 g/mol. The van der Waals surface area contributed by atoms with Gasteiger partial charge in [0.2, 0.25) is 0 Å². The van der Waals surface area contributed by atoms with Crippen molar-refractivity contribution in [1.29, 1.82) is 0 Å². The SMILES string of the molecule is C=C(C)/C=C(\C)C(C)(C)C.C=C(C)Cc1ccc(NC(=C)c2cccc(C)c2)cc1.CC. The van der Waals surface area contributed by atoms with Gasteiger partial charge < -0.3 is 5.32 Å². The standard InChI is InChI=1S/C19H21N.C10H18.C2H6/c1-14(2)12-17-8-10-19(11-9-17)20-16(4)18-7-5-6-15(3)13-18;1-8(2)7-9(3)10(4,5)6;1-2/h5-11,13,20H,1,4,12H2,2-3H3;7H,1H2,2-6H3;1-2H3/b;9-7+;. The van der Waals surface area contributed by atoms with Gasteiger partial charge in [0.05, 0.1) is 0 Å². The molecule has 0 heterocycles. The van der Waals surface area contributed by atoms with E-state index in [0.717, 1.165) is 28.9 Å². The maximum Gasteiger partial charge on any atom is 0.0384 e. The average molecular weight is 432 g/mol. The zero-order chi connectivity index (χ0) is 24.9. The summed E-state index contributed by atoms with van der Waals surface area (Å²) < 4.78 is 0. The Hall–Kier alpha value is -2.80. The predicted molar refractivity (Wildman–Crippen MR) is 148 cm³/mol. The third-order valence-electron chi connectivity index (χ3n) is 4.77. The summed E-state index contributed by atoms with van der Waals surface area (Å²) in [7, 11) is 0. The van der Waals surface area contributed by atoms with Gasteiger partial charge in [-0.25, -0.2) is 0 Å². The Kier molecular flexibility index (Phi) is 13.0. The van der Waals surface area contributed by atoms with Crippen LogP contribution >= 0.6 is 0 Å². The second kappa shape index (κ2) is 14.3. The molecule has 0 unspecified atom stereocenters. The number of benzene rings is 2. The van der Waals surface area contributed by atoms with Gasteiger partial charge in [0.15, 0.2) is 0 Å². The smallest absolute Gasteiger partial charge is 0.0384 e. The van der Waals surface area contributed by atoms with Crippen LogP contribution in [0.4, 0.5) is 5.69 Å². The van der Waals surface area contributed by atoms with Gasteiger partial charge in [0, 0.05) is 11.4 Å². The molecule has 0 radical (unpaired) electrons. The van der Waals surface area contributed by atoms with E-state index in [1.165, 1.54) is 22.3 Å². The van der Waals surface area contributed by atoms with E-state index in [1.807, 2.05) is 33.8 Å². The molecule has 0 fully saturated rings. The molecule has 0 bridgehead atoms. The molecule has 1 heteroatoms. The number of aryl methyl sites for hydroxylation is 1. The predicted octanol–water partition coefficient (Wildman–Crippen LogP) is 9.78. The van der Waals surface area contributed by atoms with E-state index in [9.17, 15) is 0 Å². The fourth-order valence-electron chi connectivity index (χ4n) is 2.72. The van der Waals surface area contributed by atoms with Gasteiger partial charge in [-0.3, -0.25) is 0 Å². The second-order valence-electron chi connectivity index (χ2n) is 9.23. The summed E-state index contributed by atoms with van der Waals surface area (Å²) in [4.78, 5) is 0. The largest absolute Gasteiger partial charge is 0.356 e. The second-order valence-corrected chi connectivity index (χ2v) is 9.23. The van der Waals surface area contributed by atoms with E-state index < -0.39 is 0 Å². The number of hydrogen-bond donors (Lipinski definition) is 1. The Morgan fingerprint density at radius 1 is 0.906 bits per heavy atom. The van der Waals surface area contributed by atoms with Crippen molar-refractivity contribution in [2.24, 2.45) is 5.41 Å². The van der Waals surface area contributed by atoms with Crippen LogP contribution < -0.4 is 5.32 Å². The Morgan fingerprint density at radius 3 is 1.88 bits per heavy atom. The first-order valence-corrected chi connectivity index (χ1v) is 11.5. The highest BCUT2D eigenvalue weighted by Crippen LogP contribution is 2.25. The first kappa shape index (κ1) is 29.2. The highest BCUT2D eigenvalue weighted by molar-refractivity contribution is 5.75. The molecule has 0 aliphatic carbocycles. The quantitative estimate of drug-likeness (QED) is 0.354. The summed E-state index contributed by atoms with van der Waals surface area (Å²) in [5.74, 6) is 0. The lowest BCUT2D eigenvalue weighted by Crippen LogP contribution is -2.06. The molecule has 0 aromatic heterocycles. The van der Waals surface area contributed by atoms with Gasteiger partial charge in [-0.1, -0.05) is 113 Å². The van der Waals surface area contributed by atoms with Crippen LogP contribution in [0.5, 0.6) is 0 Å². The first-order valence-electron chi connectivity index (χ1n) is 11.5. The van der Waals surface area contributed by atoms with Gasteiger partial charge >= 0.3 is 0 Å². The highest BCUT2D eigenvalue weighted by atomic mass is 14.9. The molecule has 0 amide bonds. The van der Waals surface area contributed by atoms with E-state index in [2.05, 4.69) is 108 Å². The molecule has 1 nitrogen and oxygen atoms in total. The number of hydrogen-bond acceptors (Lipinski definition) is 1. The molecule has 0 spiro atoms.